The summed E-state index contributed by atoms with van der Waals surface area (Å²) in [5.41, 5.74) is 4.06. The number of hydrazone groups is 1. The number of nitrogens with one attached hydrogen (secondary N) is 1. The van der Waals surface area contributed by atoms with Gasteiger partial charge in [-0.1, -0.05) is 38.8 Å². The number of benzene rings is 1. The van der Waals surface area contributed by atoms with Crippen molar-refractivity contribution in [2.45, 2.75) is 52.9 Å². The van der Waals surface area contributed by atoms with E-state index in [4.69, 9.17) is 11.6 Å². The Hall–Kier alpha value is -1.55. The summed E-state index contributed by atoms with van der Waals surface area (Å²) in [5, 5.41) is 14.4. The van der Waals surface area contributed by atoms with Gasteiger partial charge in [0.15, 0.2) is 0 Å². The quantitative estimate of drug-likeness (QED) is 0.779. The zero-order valence-corrected chi connectivity index (χ0v) is 14.8. The number of phenols is 1. The monoisotopic (exact) mass is 336 g/mol. The number of phenolic OH excluding ortho intramolecular Hbond substituents is 1. The molecule has 0 bridgehead atoms. The van der Waals surface area contributed by atoms with E-state index in [1.165, 1.54) is 24.6 Å². The van der Waals surface area contributed by atoms with Gasteiger partial charge in [0.1, 0.15) is 5.75 Å². The smallest absolute Gasteiger partial charge is 0.275 e. The second-order valence-corrected chi connectivity index (χ2v) is 7.33. The van der Waals surface area contributed by atoms with Crippen LogP contribution in [0.5, 0.6) is 5.75 Å². The molecule has 2 N–H and O–H groups in total. The molecule has 0 atom stereocenters. The van der Waals surface area contributed by atoms with Crippen molar-refractivity contribution in [3.8, 4) is 5.75 Å². The normalized spacial score (nSPS) is 18.6. The van der Waals surface area contributed by atoms with Crippen molar-refractivity contribution in [1.29, 1.82) is 0 Å². The van der Waals surface area contributed by atoms with Crippen LogP contribution >= 0.6 is 11.6 Å². The first-order valence-electron chi connectivity index (χ1n) is 8.17. The molecule has 1 saturated carbocycles. The Kier molecular flexibility index (Phi) is 5.69. The maximum absolute atomic E-state index is 12.1. The van der Waals surface area contributed by atoms with E-state index in [0.29, 0.717) is 16.4 Å². The molecule has 0 radical (unpaired) electrons. The second-order valence-electron chi connectivity index (χ2n) is 6.90. The Balaban J connectivity index is 1.94. The predicted molar refractivity (Wildman–Crippen MR) is 94.0 cm³/mol. The van der Waals surface area contributed by atoms with Crippen molar-refractivity contribution in [1.82, 2.24) is 5.43 Å². The van der Waals surface area contributed by atoms with Gasteiger partial charge in [0.05, 0.1) is 5.56 Å². The van der Waals surface area contributed by atoms with E-state index in [2.05, 4.69) is 31.3 Å². The summed E-state index contributed by atoms with van der Waals surface area (Å²) in [6, 6.07) is 4.38. The summed E-state index contributed by atoms with van der Waals surface area (Å²) < 4.78 is 0. The molecule has 1 aliphatic carbocycles. The van der Waals surface area contributed by atoms with Crippen LogP contribution in [0.2, 0.25) is 5.02 Å². The number of carbonyl (C=O) groups excluding carboxylic acids is 1. The first kappa shape index (κ1) is 17.8. The minimum absolute atomic E-state index is 0.0968. The van der Waals surface area contributed by atoms with Crippen LogP contribution < -0.4 is 5.43 Å². The van der Waals surface area contributed by atoms with Crippen LogP contribution in [-0.2, 0) is 0 Å². The minimum Gasteiger partial charge on any atom is -0.507 e. The molecule has 1 amide bonds. The highest BCUT2D eigenvalue weighted by Gasteiger charge is 2.30. The largest absolute Gasteiger partial charge is 0.507 e. The maximum atomic E-state index is 12.1. The SMILES string of the molecule is CCC(C)(C)C1CCC(=NNC(=O)c2cc(Cl)ccc2O)CC1. The molecule has 23 heavy (non-hydrogen) atoms. The number of rotatable bonds is 4. The van der Waals surface area contributed by atoms with Gasteiger partial charge in [-0.15, -0.1) is 0 Å². The molecular formula is C18H25ClN2O2. The van der Waals surface area contributed by atoms with Gasteiger partial charge in [-0.2, -0.15) is 5.10 Å². The molecule has 1 aliphatic rings. The lowest BCUT2D eigenvalue weighted by atomic mass is 9.69. The van der Waals surface area contributed by atoms with E-state index in [1.807, 2.05) is 0 Å². The first-order valence-corrected chi connectivity index (χ1v) is 8.55. The van der Waals surface area contributed by atoms with Crippen LogP contribution in [-0.4, -0.2) is 16.7 Å². The molecule has 0 aromatic heterocycles. The molecule has 0 saturated heterocycles. The van der Waals surface area contributed by atoms with Crippen LogP contribution in [0.15, 0.2) is 23.3 Å². The zero-order chi connectivity index (χ0) is 17.0. The van der Waals surface area contributed by atoms with E-state index in [0.717, 1.165) is 31.4 Å². The van der Waals surface area contributed by atoms with Crippen molar-refractivity contribution in [2.75, 3.05) is 0 Å². The van der Waals surface area contributed by atoms with Crippen LogP contribution in [0.25, 0.3) is 0 Å². The van der Waals surface area contributed by atoms with Gasteiger partial charge in [-0.05, 0) is 55.2 Å². The topological polar surface area (TPSA) is 61.7 Å². The van der Waals surface area contributed by atoms with E-state index < -0.39 is 5.91 Å². The van der Waals surface area contributed by atoms with Gasteiger partial charge >= 0.3 is 0 Å². The number of hydrogen-bond acceptors (Lipinski definition) is 3. The van der Waals surface area contributed by atoms with Crippen molar-refractivity contribution < 1.29 is 9.90 Å². The van der Waals surface area contributed by atoms with Gasteiger partial charge in [0.2, 0.25) is 0 Å². The fourth-order valence-corrected chi connectivity index (χ4v) is 3.19. The maximum Gasteiger partial charge on any atom is 0.275 e. The summed E-state index contributed by atoms with van der Waals surface area (Å²) in [6.07, 6.45) is 5.22. The molecule has 0 heterocycles. The van der Waals surface area contributed by atoms with Gasteiger partial charge < -0.3 is 5.11 Å². The van der Waals surface area contributed by atoms with Gasteiger partial charge in [0, 0.05) is 10.7 Å². The minimum atomic E-state index is -0.437. The van der Waals surface area contributed by atoms with Crippen LogP contribution in [0.3, 0.4) is 0 Å². The molecule has 1 fully saturated rings. The number of carbonyl (C=O) groups is 1. The average Bonchev–Trinajstić information content (AvgIpc) is 2.55. The number of amides is 1. The number of nitrogens with zero attached hydrogens (tertiary/aromatic N) is 1. The first-order chi connectivity index (χ1) is 10.8. The summed E-state index contributed by atoms with van der Waals surface area (Å²) in [4.78, 5) is 12.1. The molecule has 5 heteroatoms. The Bertz CT molecular complexity index is 601. The van der Waals surface area contributed by atoms with E-state index in [1.54, 1.807) is 0 Å². The fraction of sp³-hybridized carbons (Fsp3) is 0.556. The Labute approximate surface area is 142 Å². The molecule has 1 aromatic rings. The fourth-order valence-electron chi connectivity index (χ4n) is 3.01. The lowest BCUT2D eigenvalue weighted by Crippen LogP contribution is -2.29. The second kappa shape index (κ2) is 7.35. The molecule has 1 aromatic carbocycles. The van der Waals surface area contributed by atoms with E-state index >= 15 is 0 Å². The van der Waals surface area contributed by atoms with Gasteiger partial charge in [0.25, 0.3) is 5.91 Å². The molecule has 0 aliphatic heterocycles. The van der Waals surface area contributed by atoms with Crippen molar-refractivity contribution >= 4 is 23.2 Å². The van der Waals surface area contributed by atoms with Crippen LogP contribution in [0.4, 0.5) is 0 Å². The highest BCUT2D eigenvalue weighted by molar-refractivity contribution is 6.31. The lowest BCUT2D eigenvalue weighted by molar-refractivity contribution is 0.0951. The van der Waals surface area contributed by atoms with E-state index in [9.17, 15) is 9.90 Å². The summed E-state index contributed by atoms with van der Waals surface area (Å²) in [7, 11) is 0. The Morgan fingerprint density at radius 2 is 2.04 bits per heavy atom. The highest BCUT2D eigenvalue weighted by atomic mass is 35.5. The summed E-state index contributed by atoms with van der Waals surface area (Å²) >= 11 is 5.86. The van der Waals surface area contributed by atoms with Gasteiger partial charge in [-0.3, -0.25) is 4.79 Å². The van der Waals surface area contributed by atoms with E-state index in [-0.39, 0.29) is 11.3 Å². The Morgan fingerprint density at radius 3 is 2.65 bits per heavy atom. The molecule has 0 unspecified atom stereocenters. The van der Waals surface area contributed by atoms with Gasteiger partial charge in [-0.25, -0.2) is 5.43 Å². The number of hydrogen-bond donors (Lipinski definition) is 2. The van der Waals surface area contributed by atoms with Crippen LogP contribution in [0.1, 0.15) is 63.2 Å². The number of halogens is 1. The summed E-state index contributed by atoms with van der Waals surface area (Å²) in [6.45, 7) is 6.88. The molecular weight excluding hydrogens is 312 g/mol. The molecule has 4 nitrogen and oxygen atoms in total. The zero-order valence-electron chi connectivity index (χ0n) is 14.0. The standard InChI is InChI=1S/C18H25ClN2O2/c1-4-18(2,3)12-5-8-14(9-6-12)20-21-17(23)15-11-13(19)7-10-16(15)22/h7,10-12,22H,4-6,8-9H2,1-3H3,(H,21,23). The molecule has 126 valence electrons. The van der Waals surface area contributed by atoms with Crippen molar-refractivity contribution in [3.05, 3.63) is 28.8 Å². The highest BCUT2D eigenvalue weighted by Crippen LogP contribution is 2.39. The summed E-state index contributed by atoms with van der Waals surface area (Å²) in [5.74, 6) is 0.174. The number of aromatic hydroxyl groups is 1. The Morgan fingerprint density at radius 1 is 1.39 bits per heavy atom. The molecule has 0 spiro atoms. The lowest BCUT2D eigenvalue weighted by Gasteiger charge is -2.36. The van der Waals surface area contributed by atoms with Crippen molar-refractivity contribution in [3.63, 3.8) is 0 Å². The molecule has 2 rings (SSSR count). The third kappa shape index (κ3) is 4.47. The average molecular weight is 337 g/mol. The van der Waals surface area contributed by atoms with Crippen molar-refractivity contribution in [2.24, 2.45) is 16.4 Å². The third-order valence-corrected chi connectivity index (χ3v) is 5.33. The van der Waals surface area contributed by atoms with Crippen LogP contribution in [0, 0.1) is 11.3 Å². The third-order valence-electron chi connectivity index (χ3n) is 5.10. The predicted octanol–water partition coefficient (Wildman–Crippen LogP) is 4.76.